The maximum atomic E-state index is 12.5. The topological polar surface area (TPSA) is 41.6 Å². The average Bonchev–Trinajstić information content (AvgIpc) is 3.06. The van der Waals surface area contributed by atoms with Crippen molar-refractivity contribution < 1.29 is 9.53 Å². The maximum Gasteiger partial charge on any atom is 0.241 e. The Labute approximate surface area is 126 Å². The zero-order chi connectivity index (χ0) is 15.0. The molecule has 0 aliphatic carbocycles. The highest BCUT2D eigenvalue weighted by Gasteiger charge is 2.39. The van der Waals surface area contributed by atoms with Crippen molar-refractivity contribution in [1.82, 2.24) is 10.2 Å². The number of hydrogen-bond donors (Lipinski definition) is 1. The Balaban J connectivity index is 1.87. The lowest BCUT2D eigenvalue weighted by molar-refractivity contribution is -0.131. The second kappa shape index (κ2) is 5.78. The van der Waals surface area contributed by atoms with E-state index in [0.717, 1.165) is 19.4 Å². The third-order valence-corrected chi connectivity index (χ3v) is 4.53. The molecule has 3 atom stereocenters. The van der Waals surface area contributed by atoms with Gasteiger partial charge in [0.05, 0.1) is 12.1 Å². The van der Waals surface area contributed by atoms with Crippen molar-refractivity contribution in [3.63, 3.8) is 0 Å². The van der Waals surface area contributed by atoms with Crippen molar-refractivity contribution in [3.8, 4) is 0 Å². The third kappa shape index (κ3) is 2.83. The van der Waals surface area contributed by atoms with Gasteiger partial charge in [-0.15, -0.1) is 0 Å². The molecule has 4 heteroatoms. The van der Waals surface area contributed by atoms with Gasteiger partial charge in [0, 0.05) is 13.2 Å². The van der Waals surface area contributed by atoms with Gasteiger partial charge in [0.15, 0.2) is 0 Å². The molecule has 2 saturated heterocycles. The van der Waals surface area contributed by atoms with E-state index in [9.17, 15) is 4.79 Å². The molecule has 2 aliphatic heterocycles. The first-order valence-corrected chi connectivity index (χ1v) is 7.81. The van der Waals surface area contributed by atoms with Crippen molar-refractivity contribution in [2.75, 3.05) is 13.2 Å². The van der Waals surface area contributed by atoms with Crippen LogP contribution in [0.3, 0.4) is 0 Å². The van der Waals surface area contributed by atoms with Crippen LogP contribution in [-0.4, -0.2) is 36.1 Å². The fraction of sp³-hybridized carbons (Fsp3) is 0.588. The summed E-state index contributed by atoms with van der Waals surface area (Å²) in [5.74, 6) is 0.177. The predicted octanol–water partition coefficient (Wildman–Crippen LogP) is 2.30. The average molecular weight is 288 g/mol. The summed E-state index contributed by atoms with van der Waals surface area (Å²) in [4.78, 5) is 14.4. The zero-order valence-electron chi connectivity index (χ0n) is 13.1. The molecule has 3 rings (SSSR count). The lowest BCUT2D eigenvalue weighted by atomic mass is 10.0. The quantitative estimate of drug-likeness (QED) is 0.928. The zero-order valence-corrected chi connectivity index (χ0v) is 13.1. The Morgan fingerprint density at radius 1 is 1.38 bits per heavy atom. The van der Waals surface area contributed by atoms with Gasteiger partial charge in [-0.25, -0.2) is 0 Å². The van der Waals surface area contributed by atoms with E-state index in [1.165, 1.54) is 16.7 Å². The van der Waals surface area contributed by atoms with Crippen LogP contribution in [-0.2, 0) is 9.53 Å². The van der Waals surface area contributed by atoms with Gasteiger partial charge in [0.25, 0.3) is 0 Å². The molecular weight excluding hydrogens is 264 g/mol. The maximum absolute atomic E-state index is 12.5. The molecule has 1 aromatic carbocycles. The van der Waals surface area contributed by atoms with Crippen molar-refractivity contribution in [3.05, 3.63) is 34.9 Å². The molecule has 0 spiro atoms. The van der Waals surface area contributed by atoms with Gasteiger partial charge >= 0.3 is 0 Å². The Bertz CT molecular complexity index is 538. The SMILES string of the molecule is Cc1ccc(C)c(C2NC(C)C(=O)N2CC2CCCO2)c1. The molecule has 2 aliphatic rings. The summed E-state index contributed by atoms with van der Waals surface area (Å²) in [5.41, 5.74) is 3.64. The third-order valence-electron chi connectivity index (χ3n) is 4.53. The van der Waals surface area contributed by atoms with E-state index >= 15 is 0 Å². The van der Waals surface area contributed by atoms with Gasteiger partial charge < -0.3 is 9.64 Å². The Hall–Kier alpha value is -1.39. The lowest BCUT2D eigenvalue weighted by Gasteiger charge is -2.28. The highest BCUT2D eigenvalue weighted by atomic mass is 16.5. The number of ether oxygens (including phenoxy) is 1. The van der Waals surface area contributed by atoms with Gasteiger partial charge in [-0.1, -0.05) is 23.8 Å². The summed E-state index contributed by atoms with van der Waals surface area (Å²) in [6, 6.07) is 6.30. The van der Waals surface area contributed by atoms with Crippen LogP contribution in [0.1, 0.15) is 42.6 Å². The summed E-state index contributed by atoms with van der Waals surface area (Å²) < 4.78 is 5.71. The van der Waals surface area contributed by atoms with E-state index in [1.807, 2.05) is 11.8 Å². The Morgan fingerprint density at radius 3 is 2.90 bits per heavy atom. The molecular formula is C17H24N2O2. The van der Waals surface area contributed by atoms with Gasteiger partial charge in [-0.3, -0.25) is 10.1 Å². The molecule has 1 aromatic rings. The molecule has 0 radical (unpaired) electrons. The molecule has 0 aromatic heterocycles. The minimum atomic E-state index is -0.128. The van der Waals surface area contributed by atoms with E-state index in [1.54, 1.807) is 0 Å². The van der Waals surface area contributed by atoms with Gasteiger partial charge in [-0.2, -0.15) is 0 Å². The molecule has 114 valence electrons. The number of carbonyl (C=O) groups is 1. The summed E-state index contributed by atoms with van der Waals surface area (Å²) in [5, 5.41) is 3.43. The van der Waals surface area contributed by atoms with Crippen molar-refractivity contribution >= 4 is 5.91 Å². The Kier molecular flexibility index (Phi) is 4.00. The normalized spacial score (nSPS) is 29.4. The molecule has 21 heavy (non-hydrogen) atoms. The van der Waals surface area contributed by atoms with Gasteiger partial charge in [0.2, 0.25) is 5.91 Å². The standard InChI is InChI=1S/C17H24N2O2/c1-11-6-7-12(2)15(9-11)16-18-13(3)17(20)19(16)10-14-5-4-8-21-14/h6-7,9,13-14,16,18H,4-5,8,10H2,1-3H3. The van der Waals surface area contributed by atoms with Crippen LogP contribution in [0.2, 0.25) is 0 Å². The van der Waals surface area contributed by atoms with E-state index in [2.05, 4.69) is 37.4 Å². The van der Waals surface area contributed by atoms with Crippen molar-refractivity contribution in [2.45, 2.75) is 51.9 Å². The molecule has 4 nitrogen and oxygen atoms in total. The summed E-state index contributed by atoms with van der Waals surface area (Å²) in [6.45, 7) is 7.65. The molecule has 1 N–H and O–H groups in total. The van der Waals surface area contributed by atoms with E-state index < -0.39 is 0 Å². The first kappa shape index (κ1) is 14.5. The molecule has 2 fully saturated rings. The minimum Gasteiger partial charge on any atom is -0.376 e. The second-order valence-corrected chi connectivity index (χ2v) is 6.28. The van der Waals surface area contributed by atoms with E-state index in [4.69, 9.17) is 4.74 Å². The Morgan fingerprint density at radius 2 is 2.19 bits per heavy atom. The van der Waals surface area contributed by atoms with Crippen LogP contribution in [0.25, 0.3) is 0 Å². The van der Waals surface area contributed by atoms with Gasteiger partial charge in [0.1, 0.15) is 6.17 Å². The van der Waals surface area contributed by atoms with Crippen molar-refractivity contribution in [1.29, 1.82) is 0 Å². The van der Waals surface area contributed by atoms with Crippen LogP contribution in [0.5, 0.6) is 0 Å². The monoisotopic (exact) mass is 288 g/mol. The number of aryl methyl sites for hydroxylation is 2. The van der Waals surface area contributed by atoms with Crippen LogP contribution in [0.4, 0.5) is 0 Å². The number of hydrogen-bond acceptors (Lipinski definition) is 3. The number of benzene rings is 1. The first-order valence-electron chi connectivity index (χ1n) is 7.81. The smallest absolute Gasteiger partial charge is 0.241 e. The fourth-order valence-corrected chi connectivity index (χ4v) is 3.29. The number of nitrogens with one attached hydrogen (secondary N) is 1. The van der Waals surface area contributed by atoms with Crippen LogP contribution in [0, 0.1) is 13.8 Å². The molecule has 2 heterocycles. The number of rotatable bonds is 3. The highest BCUT2D eigenvalue weighted by molar-refractivity contribution is 5.84. The van der Waals surface area contributed by atoms with E-state index in [0.29, 0.717) is 6.54 Å². The number of amides is 1. The van der Waals surface area contributed by atoms with Crippen LogP contribution in [0.15, 0.2) is 18.2 Å². The van der Waals surface area contributed by atoms with Crippen LogP contribution < -0.4 is 5.32 Å². The number of carbonyl (C=O) groups excluding carboxylic acids is 1. The molecule has 1 amide bonds. The first-order chi connectivity index (χ1) is 10.1. The summed E-state index contributed by atoms with van der Waals surface area (Å²) in [7, 11) is 0. The molecule has 0 saturated carbocycles. The molecule has 3 unspecified atom stereocenters. The van der Waals surface area contributed by atoms with Crippen LogP contribution >= 0.6 is 0 Å². The summed E-state index contributed by atoms with van der Waals surface area (Å²) >= 11 is 0. The molecule has 0 bridgehead atoms. The number of nitrogens with zero attached hydrogens (tertiary/aromatic N) is 1. The fourth-order valence-electron chi connectivity index (χ4n) is 3.29. The second-order valence-electron chi connectivity index (χ2n) is 6.28. The largest absolute Gasteiger partial charge is 0.376 e. The van der Waals surface area contributed by atoms with Crippen molar-refractivity contribution in [2.24, 2.45) is 0 Å². The van der Waals surface area contributed by atoms with Gasteiger partial charge in [-0.05, 0) is 44.7 Å². The van der Waals surface area contributed by atoms with E-state index in [-0.39, 0.29) is 24.2 Å². The predicted molar refractivity (Wildman–Crippen MR) is 81.9 cm³/mol. The summed E-state index contributed by atoms with van der Waals surface area (Å²) in [6.07, 6.45) is 2.31. The highest BCUT2D eigenvalue weighted by Crippen LogP contribution is 2.29. The minimum absolute atomic E-state index is 0.0309. The lowest BCUT2D eigenvalue weighted by Crippen LogP contribution is -2.37.